The minimum atomic E-state index is -1.12. The Morgan fingerprint density at radius 3 is 2.44 bits per heavy atom. The van der Waals surface area contributed by atoms with Crippen LogP contribution in [-0.2, 0) is 5.72 Å². The normalized spacial score (nSPS) is 23.6. The maximum Gasteiger partial charge on any atom is 0.271 e. The Morgan fingerprint density at radius 1 is 1.00 bits per heavy atom. The van der Waals surface area contributed by atoms with Crippen LogP contribution in [0.15, 0.2) is 53.0 Å². The van der Waals surface area contributed by atoms with Crippen LogP contribution in [0.2, 0.25) is 0 Å². The Hall–Kier alpha value is -1.72. The fourth-order valence-electron chi connectivity index (χ4n) is 3.90. The van der Waals surface area contributed by atoms with Crippen molar-refractivity contribution in [1.82, 2.24) is 0 Å². The second-order valence-corrected chi connectivity index (χ2v) is 7.68. The van der Waals surface area contributed by atoms with Crippen molar-refractivity contribution in [3.05, 3.63) is 64.4 Å². The van der Waals surface area contributed by atoms with Crippen LogP contribution in [0.25, 0.3) is 0 Å². The lowest BCUT2D eigenvalue weighted by Crippen LogP contribution is -2.41. The SMILES string of the molecule is OC1(c2ccc(F)cc2)CN(c2ccc(Br)cc2)C2=[N+]1CCCCC2. The molecule has 0 aromatic heterocycles. The molecule has 0 fully saturated rings. The van der Waals surface area contributed by atoms with Gasteiger partial charge in [-0.15, -0.1) is 0 Å². The van der Waals surface area contributed by atoms with Crippen LogP contribution in [0, 0.1) is 5.82 Å². The van der Waals surface area contributed by atoms with Gasteiger partial charge in [0.1, 0.15) is 11.5 Å². The van der Waals surface area contributed by atoms with Gasteiger partial charge >= 0.3 is 0 Å². The first-order chi connectivity index (χ1) is 12.1. The molecule has 0 amide bonds. The van der Waals surface area contributed by atoms with E-state index in [0.29, 0.717) is 6.54 Å². The number of amidine groups is 1. The Balaban J connectivity index is 1.79. The lowest BCUT2D eigenvalue weighted by molar-refractivity contribution is -0.658. The minimum Gasteiger partial charge on any atom is -0.346 e. The van der Waals surface area contributed by atoms with Crippen LogP contribution in [-0.4, -0.2) is 28.6 Å². The minimum absolute atomic E-state index is 0.282. The Labute approximate surface area is 155 Å². The summed E-state index contributed by atoms with van der Waals surface area (Å²) in [5, 5.41) is 11.6. The van der Waals surface area contributed by atoms with Crippen molar-refractivity contribution in [2.24, 2.45) is 0 Å². The van der Waals surface area contributed by atoms with Crippen molar-refractivity contribution >= 4 is 27.5 Å². The third-order valence-electron chi connectivity index (χ3n) is 5.18. The number of aliphatic hydroxyl groups is 1. The number of hydrogen-bond donors (Lipinski definition) is 1. The molecule has 130 valence electrons. The van der Waals surface area contributed by atoms with Crippen molar-refractivity contribution in [2.45, 2.75) is 31.4 Å². The molecule has 1 N–H and O–H groups in total. The summed E-state index contributed by atoms with van der Waals surface area (Å²) in [6.07, 6.45) is 4.28. The van der Waals surface area contributed by atoms with Gasteiger partial charge in [-0.2, -0.15) is 0 Å². The van der Waals surface area contributed by atoms with Crippen molar-refractivity contribution in [2.75, 3.05) is 18.0 Å². The largest absolute Gasteiger partial charge is 0.346 e. The van der Waals surface area contributed by atoms with E-state index in [-0.39, 0.29) is 5.82 Å². The maximum atomic E-state index is 13.4. The van der Waals surface area contributed by atoms with E-state index in [4.69, 9.17) is 0 Å². The summed E-state index contributed by atoms with van der Waals surface area (Å²) >= 11 is 3.48. The molecule has 2 aliphatic heterocycles. The molecule has 2 aliphatic rings. The average Bonchev–Trinajstić information content (AvgIpc) is 2.78. The van der Waals surface area contributed by atoms with Gasteiger partial charge in [-0.3, -0.25) is 0 Å². The summed E-state index contributed by atoms with van der Waals surface area (Å²) in [4.78, 5) is 2.21. The zero-order chi connectivity index (χ0) is 17.4. The molecular weight excluding hydrogens is 383 g/mol. The molecular formula is C20H21BrFN2O+. The Bertz CT molecular complexity index is 803. The van der Waals surface area contributed by atoms with Crippen LogP contribution in [0.5, 0.6) is 0 Å². The zero-order valence-electron chi connectivity index (χ0n) is 14.0. The van der Waals surface area contributed by atoms with Gasteiger partial charge in [-0.1, -0.05) is 15.9 Å². The number of anilines is 1. The topological polar surface area (TPSA) is 26.5 Å². The quantitative estimate of drug-likeness (QED) is 0.759. The number of benzene rings is 2. The van der Waals surface area contributed by atoms with Gasteiger partial charge in [0.25, 0.3) is 11.6 Å². The van der Waals surface area contributed by atoms with Crippen molar-refractivity contribution in [3.8, 4) is 0 Å². The van der Waals surface area contributed by atoms with E-state index in [0.717, 1.165) is 53.8 Å². The molecule has 1 atom stereocenters. The average molecular weight is 404 g/mol. The maximum absolute atomic E-state index is 13.4. The molecule has 5 heteroatoms. The highest BCUT2D eigenvalue weighted by atomic mass is 79.9. The van der Waals surface area contributed by atoms with E-state index in [1.807, 2.05) is 12.1 Å². The highest BCUT2D eigenvalue weighted by Gasteiger charge is 2.51. The fourth-order valence-corrected chi connectivity index (χ4v) is 4.16. The van der Waals surface area contributed by atoms with E-state index in [1.165, 1.54) is 12.1 Å². The number of nitrogens with zero attached hydrogens (tertiary/aromatic N) is 2. The second-order valence-electron chi connectivity index (χ2n) is 6.76. The van der Waals surface area contributed by atoms with E-state index < -0.39 is 5.72 Å². The standard InChI is InChI=1S/C20H21BrFN2O/c21-16-7-11-18(12-8-16)23-14-20(25,15-5-9-17(22)10-6-15)24-13-3-1-2-4-19(23)24/h5-12,25H,1-4,13-14H2/q+1. The molecule has 2 aromatic carbocycles. The van der Waals surface area contributed by atoms with Gasteiger partial charge in [0.05, 0.1) is 6.54 Å². The monoisotopic (exact) mass is 403 g/mol. The van der Waals surface area contributed by atoms with Gasteiger partial charge in [0.2, 0.25) is 0 Å². The van der Waals surface area contributed by atoms with Crippen LogP contribution in [0.3, 0.4) is 0 Å². The van der Waals surface area contributed by atoms with Gasteiger partial charge in [-0.25, -0.2) is 13.9 Å². The van der Waals surface area contributed by atoms with Crippen molar-refractivity contribution in [3.63, 3.8) is 0 Å². The molecule has 0 radical (unpaired) electrons. The van der Waals surface area contributed by atoms with E-state index in [1.54, 1.807) is 12.1 Å². The molecule has 2 heterocycles. The van der Waals surface area contributed by atoms with Gasteiger partial charge in [0, 0.05) is 16.5 Å². The summed E-state index contributed by atoms with van der Waals surface area (Å²) in [6.45, 7) is 1.27. The molecule has 0 saturated heterocycles. The highest BCUT2D eigenvalue weighted by molar-refractivity contribution is 9.10. The van der Waals surface area contributed by atoms with Crippen molar-refractivity contribution in [1.29, 1.82) is 0 Å². The predicted molar refractivity (Wildman–Crippen MR) is 100 cm³/mol. The van der Waals surface area contributed by atoms with E-state index in [2.05, 4.69) is 37.5 Å². The predicted octanol–water partition coefficient (Wildman–Crippen LogP) is 4.24. The third kappa shape index (κ3) is 3.00. The third-order valence-corrected chi connectivity index (χ3v) is 5.70. The number of β-amino-alcohol motifs (C(OH)–C–C–N with tert-alkyl or cyclic N) is 1. The summed E-state index contributed by atoms with van der Waals surface area (Å²) in [7, 11) is 0. The van der Waals surface area contributed by atoms with Gasteiger partial charge in [-0.05, 0) is 67.8 Å². The first-order valence-corrected chi connectivity index (χ1v) is 9.52. The molecule has 0 spiro atoms. The Morgan fingerprint density at radius 2 is 1.72 bits per heavy atom. The van der Waals surface area contributed by atoms with Gasteiger partial charge < -0.3 is 5.11 Å². The first-order valence-electron chi connectivity index (χ1n) is 8.73. The lowest BCUT2D eigenvalue weighted by atomic mass is 10.0. The zero-order valence-corrected chi connectivity index (χ0v) is 15.5. The summed E-state index contributed by atoms with van der Waals surface area (Å²) in [5.74, 6) is 0.877. The smallest absolute Gasteiger partial charge is 0.271 e. The Kier molecular flexibility index (Phi) is 4.38. The molecule has 25 heavy (non-hydrogen) atoms. The molecule has 4 rings (SSSR count). The van der Waals surface area contributed by atoms with Gasteiger partial charge in [0.15, 0.2) is 6.54 Å². The van der Waals surface area contributed by atoms with Crippen LogP contribution in [0.4, 0.5) is 10.1 Å². The summed E-state index contributed by atoms with van der Waals surface area (Å²) in [6, 6.07) is 14.4. The van der Waals surface area contributed by atoms with E-state index in [9.17, 15) is 9.50 Å². The van der Waals surface area contributed by atoms with E-state index >= 15 is 0 Å². The molecule has 0 saturated carbocycles. The molecule has 0 bridgehead atoms. The van der Waals surface area contributed by atoms with Crippen molar-refractivity contribution < 1.29 is 14.1 Å². The molecule has 1 unspecified atom stereocenters. The number of rotatable bonds is 2. The highest BCUT2D eigenvalue weighted by Crippen LogP contribution is 2.35. The lowest BCUT2D eigenvalue weighted by Gasteiger charge is -2.23. The van der Waals surface area contributed by atoms with Crippen LogP contribution in [0.1, 0.15) is 31.2 Å². The summed E-state index contributed by atoms with van der Waals surface area (Å²) < 4.78 is 16.5. The van der Waals surface area contributed by atoms with Crippen LogP contribution < -0.4 is 4.90 Å². The number of halogens is 2. The molecule has 2 aromatic rings. The number of hydrogen-bond acceptors (Lipinski definition) is 2. The molecule has 3 nitrogen and oxygen atoms in total. The van der Waals surface area contributed by atoms with Crippen LogP contribution >= 0.6 is 15.9 Å². The second kappa shape index (κ2) is 6.54. The molecule has 0 aliphatic carbocycles. The first kappa shape index (κ1) is 16.7. The fraction of sp³-hybridized carbons (Fsp3) is 0.350. The summed E-state index contributed by atoms with van der Waals surface area (Å²) in [5.41, 5.74) is 0.691.